The van der Waals surface area contributed by atoms with Crippen LogP contribution in [0.4, 0.5) is 0 Å². The average molecular weight is 395 g/mol. The fourth-order valence-electron chi connectivity index (χ4n) is 2.13. The van der Waals surface area contributed by atoms with E-state index in [-0.39, 0.29) is 34.9 Å². The minimum absolute atomic E-state index is 0.0738. The zero-order valence-corrected chi connectivity index (χ0v) is 19.8. The monoisotopic (exact) mass is 394 g/mol. The molecule has 0 aliphatic heterocycles. The standard InChI is InChI=1S/C18H39O5PSi/c1-17(2,3)12-11-16(23-25(9,10)18(4,5)6)13-15(19)14-24(20,21-7)22-8/h16H,11-14H2,1-10H3/t16-/m1/s1. The number of carbonyl (C=O) groups excluding carboxylic acids is 1. The minimum Gasteiger partial charge on any atom is -0.413 e. The fraction of sp³-hybridized carbons (Fsp3) is 0.944. The van der Waals surface area contributed by atoms with E-state index < -0.39 is 15.9 Å². The number of hydrogen-bond acceptors (Lipinski definition) is 5. The lowest BCUT2D eigenvalue weighted by atomic mass is 9.88. The summed E-state index contributed by atoms with van der Waals surface area (Å²) >= 11 is 0. The summed E-state index contributed by atoms with van der Waals surface area (Å²) < 4.78 is 28.5. The summed E-state index contributed by atoms with van der Waals surface area (Å²) in [6.07, 6.45) is 1.67. The van der Waals surface area contributed by atoms with Crippen LogP contribution in [-0.4, -0.2) is 40.6 Å². The van der Waals surface area contributed by atoms with Crippen LogP contribution in [0, 0.1) is 5.41 Å². The Morgan fingerprint density at radius 1 is 1.04 bits per heavy atom. The van der Waals surface area contributed by atoms with E-state index in [1.165, 1.54) is 14.2 Å². The van der Waals surface area contributed by atoms with Crippen molar-refractivity contribution < 1.29 is 22.8 Å². The van der Waals surface area contributed by atoms with Gasteiger partial charge in [0.15, 0.2) is 8.32 Å². The van der Waals surface area contributed by atoms with E-state index in [1.54, 1.807) is 0 Å². The number of Topliss-reactive ketones (excluding diaryl/α,β-unsaturated/α-hetero) is 1. The van der Waals surface area contributed by atoms with E-state index in [0.717, 1.165) is 12.8 Å². The summed E-state index contributed by atoms with van der Waals surface area (Å²) in [4.78, 5) is 12.5. The average Bonchev–Trinajstić information content (AvgIpc) is 2.42. The first-order chi connectivity index (χ1) is 11.1. The van der Waals surface area contributed by atoms with Gasteiger partial charge in [0, 0.05) is 20.6 Å². The summed E-state index contributed by atoms with van der Waals surface area (Å²) in [5.41, 5.74) is 0.173. The molecular formula is C18H39O5PSi. The van der Waals surface area contributed by atoms with Crippen molar-refractivity contribution in [3.05, 3.63) is 0 Å². The van der Waals surface area contributed by atoms with Gasteiger partial charge in [-0.2, -0.15) is 0 Å². The van der Waals surface area contributed by atoms with Gasteiger partial charge in [0.25, 0.3) is 0 Å². The van der Waals surface area contributed by atoms with Crippen molar-refractivity contribution in [3.63, 3.8) is 0 Å². The highest BCUT2D eigenvalue weighted by Gasteiger charge is 2.40. The molecule has 0 aromatic heterocycles. The zero-order chi connectivity index (χ0) is 20.1. The van der Waals surface area contributed by atoms with Crippen molar-refractivity contribution in [2.45, 2.75) is 85.0 Å². The van der Waals surface area contributed by atoms with E-state index in [0.29, 0.717) is 0 Å². The van der Waals surface area contributed by atoms with Crippen LogP contribution >= 0.6 is 7.60 Å². The van der Waals surface area contributed by atoms with Crippen LogP contribution < -0.4 is 0 Å². The quantitative estimate of drug-likeness (QED) is 0.354. The maximum absolute atomic E-state index is 12.5. The van der Waals surface area contributed by atoms with Crippen molar-refractivity contribution in [2.24, 2.45) is 5.41 Å². The van der Waals surface area contributed by atoms with Crippen LogP contribution in [0.5, 0.6) is 0 Å². The molecule has 0 rings (SSSR count). The molecule has 0 aliphatic carbocycles. The third-order valence-electron chi connectivity index (χ3n) is 4.87. The molecule has 25 heavy (non-hydrogen) atoms. The van der Waals surface area contributed by atoms with Gasteiger partial charge in [-0.15, -0.1) is 0 Å². The number of ketones is 1. The molecule has 0 N–H and O–H groups in total. The first-order valence-corrected chi connectivity index (χ1v) is 13.6. The lowest BCUT2D eigenvalue weighted by Gasteiger charge is -2.39. The van der Waals surface area contributed by atoms with E-state index >= 15 is 0 Å². The normalized spacial score (nSPS) is 15.3. The molecule has 0 unspecified atom stereocenters. The highest BCUT2D eigenvalue weighted by Crippen LogP contribution is 2.46. The van der Waals surface area contributed by atoms with Crippen molar-refractivity contribution in [3.8, 4) is 0 Å². The molecule has 0 saturated heterocycles. The van der Waals surface area contributed by atoms with Crippen LogP contribution in [0.25, 0.3) is 0 Å². The maximum atomic E-state index is 12.5. The SMILES string of the molecule is COP(=O)(CC(=O)C[C@@H](CCC(C)(C)C)O[Si](C)(C)C(C)(C)C)OC. The Morgan fingerprint density at radius 3 is 1.88 bits per heavy atom. The molecule has 150 valence electrons. The molecule has 0 heterocycles. The summed E-state index contributed by atoms with van der Waals surface area (Å²) in [5.74, 6) is -0.135. The molecular weight excluding hydrogens is 355 g/mol. The molecule has 7 heteroatoms. The van der Waals surface area contributed by atoms with Crippen LogP contribution in [0.1, 0.15) is 60.8 Å². The van der Waals surface area contributed by atoms with Crippen molar-refractivity contribution in [2.75, 3.05) is 20.4 Å². The Labute approximate surface area is 155 Å². The predicted molar refractivity (Wildman–Crippen MR) is 107 cm³/mol. The number of hydrogen-bond donors (Lipinski definition) is 0. The molecule has 0 saturated carbocycles. The van der Waals surface area contributed by atoms with E-state index in [2.05, 4.69) is 54.6 Å². The van der Waals surface area contributed by atoms with Gasteiger partial charge < -0.3 is 13.5 Å². The minimum atomic E-state index is -3.32. The molecule has 0 aromatic carbocycles. The maximum Gasteiger partial charge on any atom is 0.337 e. The smallest absolute Gasteiger partial charge is 0.337 e. The summed E-state index contributed by atoms with van der Waals surface area (Å²) in [7, 11) is -2.70. The van der Waals surface area contributed by atoms with Gasteiger partial charge >= 0.3 is 7.60 Å². The van der Waals surface area contributed by atoms with Gasteiger partial charge in [-0.05, 0) is 36.4 Å². The molecule has 0 aliphatic rings. The Balaban J connectivity index is 5.14. The zero-order valence-electron chi connectivity index (χ0n) is 17.9. The second-order valence-electron chi connectivity index (χ2n) is 9.48. The van der Waals surface area contributed by atoms with Crippen LogP contribution in [0.15, 0.2) is 0 Å². The van der Waals surface area contributed by atoms with Gasteiger partial charge in [0.1, 0.15) is 11.9 Å². The second-order valence-corrected chi connectivity index (χ2v) is 16.5. The predicted octanol–water partition coefficient (Wildman–Crippen LogP) is 5.65. The molecule has 0 aromatic rings. The van der Waals surface area contributed by atoms with E-state index in [4.69, 9.17) is 13.5 Å². The van der Waals surface area contributed by atoms with Gasteiger partial charge in [-0.3, -0.25) is 9.36 Å². The molecule has 0 bridgehead atoms. The van der Waals surface area contributed by atoms with Gasteiger partial charge in [0.2, 0.25) is 0 Å². The van der Waals surface area contributed by atoms with Gasteiger partial charge in [-0.1, -0.05) is 41.5 Å². The molecule has 0 spiro atoms. The lowest BCUT2D eigenvalue weighted by molar-refractivity contribution is -0.118. The topological polar surface area (TPSA) is 61.8 Å². The van der Waals surface area contributed by atoms with Crippen molar-refractivity contribution in [1.82, 2.24) is 0 Å². The molecule has 1 atom stereocenters. The second kappa shape index (κ2) is 9.27. The summed E-state index contributed by atoms with van der Waals surface area (Å²) in [6.45, 7) is 17.5. The van der Waals surface area contributed by atoms with E-state index in [1.807, 2.05) is 0 Å². The molecule has 0 amide bonds. The Morgan fingerprint density at radius 2 is 1.52 bits per heavy atom. The third kappa shape index (κ3) is 9.48. The third-order valence-corrected chi connectivity index (χ3v) is 11.3. The van der Waals surface area contributed by atoms with Gasteiger partial charge in [0.05, 0.1) is 6.10 Å². The van der Waals surface area contributed by atoms with Crippen molar-refractivity contribution >= 4 is 21.7 Å². The van der Waals surface area contributed by atoms with Crippen LogP contribution in [0.2, 0.25) is 18.1 Å². The van der Waals surface area contributed by atoms with Crippen molar-refractivity contribution in [1.29, 1.82) is 0 Å². The number of rotatable bonds is 10. The Kier molecular flexibility index (Phi) is 9.27. The highest BCUT2D eigenvalue weighted by molar-refractivity contribution is 7.54. The fourth-order valence-corrected chi connectivity index (χ4v) is 4.48. The Hall–Kier alpha value is -0.00312. The lowest BCUT2D eigenvalue weighted by Crippen LogP contribution is -2.44. The molecule has 0 fully saturated rings. The molecule has 5 nitrogen and oxygen atoms in total. The summed E-state index contributed by atoms with van der Waals surface area (Å²) in [5, 5.41) is 0.0738. The van der Waals surface area contributed by atoms with E-state index in [9.17, 15) is 9.36 Å². The van der Waals surface area contributed by atoms with Gasteiger partial charge in [-0.25, -0.2) is 0 Å². The van der Waals surface area contributed by atoms with Crippen LogP contribution in [-0.2, 0) is 22.8 Å². The van der Waals surface area contributed by atoms with Crippen LogP contribution in [0.3, 0.4) is 0 Å². The highest BCUT2D eigenvalue weighted by atomic mass is 31.2. The molecule has 0 radical (unpaired) electrons. The largest absolute Gasteiger partial charge is 0.413 e. The number of carbonyl (C=O) groups is 1. The first-order valence-electron chi connectivity index (χ1n) is 8.95. The Bertz CT molecular complexity index is 469. The summed E-state index contributed by atoms with van der Waals surface area (Å²) in [6, 6.07) is 0. The first kappa shape index (κ1) is 25.0.